The van der Waals surface area contributed by atoms with E-state index in [1.165, 1.54) is 19.9 Å². The van der Waals surface area contributed by atoms with Gasteiger partial charge in [-0.25, -0.2) is 27.5 Å². The van der Waals surface area contributed by atoms with Crippen LogP contribution >= 0.6 is 0 Å². The highest BCUT2D eigenvalue weighted by molar-refractivity contribution is 7.89. The van der Waals surface area contributed by atoms with Crippen molar-refractivity contribution in [1.29, 1.82) is 0 Å². The number of carbonyl (C=O) groups excluding carboxylic acids is 5. The van der Waals surface area contributed by atoms with Crippen molar-refractivity contribution in [3.8, 4) is 0 Å². The number of rotatable bonds is 15. The van der Waals surface area contributed by atoms with Gasteiger partial charge in [0.25, 0.3) is 11.8 Å². The molecule has 1 spiro atoms. The second-order valence-electron chi connectivity index (χ2n) is 17.1. The van der Waals surface area contributed by atoms with Gasteiger partial charge in [0.15, 0.2) is 0 Å². The molecule has 3 aromatic rings. The lowest BCUT2D eigenvalue weighted by Gasteiger charge is -2.54. The molecule has 4 aliphatic rings. The number of nitrogens with two attached hydrogens (primary N) is 1. The summed E-state index contributed by atoms with van der Waals surface area (Å²) in [4.78, 5) is 79.5. The fourth-order valence-corrected chi connectivity index (χ4v) is 9.21. The second-order valence-corrected chi connectivity index (χ2v) is 18.9. The number of likely N-dealkylation sites (tertiary alicyclic amines) is 2. The monoisotopic (exact) mass is 941 g/mol. The van der Waals surface area contributed by atoms with Gasteiger partial charge in [-0.15, -0.1) is 0 Å². The Morgan fingerprint density at radius 2 is 1.80 bits per heavy atom. The van der Waals surface area contributed by atoms with Crippen LogP contribution in [-0.4, -0.2) is 138 Å². The summed E-state index contributed by atoms with van der Waals surface area (Å²) in [5, 5.41) is 17.5. The van der Waals surface area contributed by atoms with Crippen molar-refractivity contribution in [3.63, 3.8) is 0 Å². The molecule has 7 N–H and O–H groups in total. The number of carbonyl (C=O) groups is 5. The fraction of sp³-hybridized carbons (Fsp3) is 0.429. The van der Waals surface area contributed by atoms with Crippen LogP contribution in [0.3, 0.4) is 0 Å². The predicted octanol–water partition coefficient (Wildman–Crippen LogP) is 2.24. The van der Waals surface area contributed by atoms with Crippen LogP contribution in [0.15, 0.2) is 58.7 Å². The van der Waals surface area contributed by atoms with Gasteiger partial charge in [-0.1, -0.05) is 6.07 Å². The molecule has 2 aromatic carbocycles. The lowest BCUT2D eigenvalue weighted by molar-refractivity contribution is -0.144. The minimum atomic E-state index is -4.89. The first-order valence-electron chi connectivity index (χ1n) is 20.8. The van der Waals surface area contributed by atoms with Gasteiger partial charge in [0.1, 0.15) is 17.4 Å². The zero-order valence-corrected chi connectivity index (χ0v) is 36.6. The Bertz CT molecular complexity index is 2620. The summed E-state index contributed by atoms with van der Waals surface area (Å²) < 4.78 is 85.6. The smallest absolute Gasteiger partial charge is 0.404 e. The van der Waals surface area contributed by atoms with Crippen LogP contribution in [0.5, 0.6) is 0 Å². The second kappa shape index (κ2) is 18.5. The molecule has 352 valence electrons. The average Bonchev–Trinajstić information content (AvgIpc) is 3.49. The topological polar surface area (TPSA) is 262 Å². The molecule has 1 aromatic heterocycles. The summed E-state index contributed by atoms with van der Waals surface area (Å²) in [6.45, 7) is 5.25. The number of fused-ring (bicyclic) bond motifs is 1. The molecule has 4 aliphatic heterocycles. The molecule has 5 amide bonds. The Kier molecular flexibility index (Phi) is 13.3. The molecular weight excluding hydrogens is 895 g/mol. The summed E-state index contributed by atoms with van der Waals surface area (Å²) in [7, 11) is -4.19. The van der Waals surface area contributed by atoms with Gasteiger partial charge in [0.2, 0.25) is 33.7 Å². The maximum absolute atomic E-state index is 15.3. The largest absolute Gasteiger partial charge is 0.419 e. The first-order valence-corrected chi connectivity index (χ1v) is 22.3. The number of piperidine rings is 2. The Hall–Kier alpha value is -6.37. The van der Waals surface area contributed by atoms with Gasteiger partial charge in [-0.2, -0.15) is 13.2 Å². The first kappa shape index (κ1) is 47.6. The standard InChI is InChI=1S/C42H47F4N11O8S/c1-40(2,63)21-48-18-24(17-47)35-27(42(44,45)46)19-50-39(54-35)52-29-7-6-25(16-28(29)43)66(64,65)51-12-15-55-13-10-41(11-14-55)22-56(23-41)33(59)20-49-30-5-3-4-26-34(30)38(62)57(37(26)61)31-8-9-32(58)53-36(31)60/h3-7,16-19,31,49,51,63H,8-15,20-23,47H2,1-2H3,(H,50,52,54)(H,53,58,60)/b24-17+,48-18?. The van der Waals surface area contributed by atoms with Gasteiger partial charge in [-0.3, -0.25) is 39.2 Å². The van der Waals surface area contributed by atoms with Crippen molar-refractivity contribution < 1.29 is 55.1 Å². The predicted molar refractivity (Wildman–Crippen MR) is 230 cm³/mol. The zero-order chi connectivity index (χ0) is 47.8. The van der Waals surface area contributed by atoms with Gasteiger partial charge in [0.05, 0.1) is 46.1 Å². The van der Waals surface area contributed by atoms with E-state index in [-0.39, 0.29) is 71.9 Å². The number of sulfonamides is 1. The molecule has 24 heteroatoms. The first-order chi connectivity index (χ1) is 31.1. The minimum Gasteiger partial charge on any atom is -0.404 e. The highest BCUT2D eigenvalue weighted by Crippen LogP contribution is 2.41. The number of nitrogens with zero attached hydrogens (tertiary/aromatic N) is 6. The van der Waals surface area contributed by atoms with E-state index in [9.17, 15) is 50.7 Å². The molecule has 3 saturated heterocycles. The maximum Gasteiger partial charge on any atom is 0.419 e. The molecule has 3 fully saturated rings. The number of anilines is 3. The van der Waals surface area contributed by atoms with E-state index in [0.29, 0.717) is 38.9 Å². The van der Waals surface area contributed by atoms with Crippen LogP contribution in [0.4, 0.5) is 34.9 Å². The minimum absolute atomic E-state index is 0.00802. The van der Waals surface area contributed by atoms with Gasteiger partial charge >= 0.3 is 6.18 Å². The van der Waals surface area contributed by atoms with Gasteiger partial charge in [-0.05, 0) is 76.5 Å². The number of amides is 5. The lowest BCUT2D eigenvalue weighted by Crippen LogP contribution is -2.62. The molecule has 19 nitrogen and oxygen atoms in total. The molecule has 0 aliphatic carbocycles. The van der Waals surface area contributed by atoms with Crippen molar-refractivity contribution in [2.75, 3.05) is 63.0 Å². The molecule has 66 heavy (non-hydrogen) atoms. The van der Waals surface area contributed by atoms with E-state index in [4.69, 9.17) is 5.73 Å². The van der Waals surface area contributed by atoms with Crippen LogP contribution in [0.25, 0.3) is 5.57 Å². The summed E-state index contributed by atoms with van der Waals surface area (Å²) in [6.07, 6.45) is -1.04. The van der Waals surface area contributed by atoms with Crippen molar-refractivity contribution in [2.24, 2.45) is 16.1 Å². The highest BCUT2D eigenvalue weighted by Gasteiger charge is 2.48. The number of aliphatic imine (C=N–C) groups is 1. The number of aliphatic hydroxyl groups is 1. The Morgan fingerprint density at radius 3 is 2.45 bits per heavy atom. The van der Waals surface area contributed by atoms with Crippen LogP contribution in [0.2, 0.25) is 0 Å². The third kappa shape index (κ3) is 10.3. The molecular formula is C42H47F4N11O8S. The van der Waals surface area contributed by atoms with Crippen molar-refractivity contribution in [2.45, 2.75) is 62.2 Å². The quantitative estimate of drug-likeness (QED) is 0.0726. The third-order valence-electron chi connectivity index (χ3n) is 11.7. The van der Waals surface area contributed by atoms with Crippen LogP contribution < -0.4 is 26.4 Å². The van der Waals surface area contributed by atoms with Crippen LogP contribution in [-0.2, 0) is 30.6 Å². The van der Waals surface area contributed by atoms with Crippen LogP contribution in [0, 0.1) is 11.2 Å². The Morgan fingerprint density at radius 1 is 1.08 bits per heavy atom. The zero-order valence-electron chi connectivity index (χ0n) is 35.7. The van der Waals surface area contributed by atoms with Crippen molar-refractivity contribution in [1.82, 2.24) is 34.7 Å². The number of halogens is 4. The molecule has 0 radical (unpaired) electrons. The summed E-state index contributed by atoms with van der Waals surface area (Å²) >= 11 is 0. The number of hydrogen-bond acceptors (Lipinski definition) is 15. The van der Waals surface area contributed by atoms with E-state index in [1.807, 2.05) is 0 Å². The van der Waals surface area contributed by atoms with E-state index in [0.717, 1.165) is 48.4 Å². The summed E-state index contributed by atoms with van der Waals surface area (Å²) in [6, 6.07) is 6.44. The van der Waals surface area contributed by atoms with E-state index in [1.54, 1.807) is 17.0 Å². The fourth-order valence-electron chi connectivity index (χ4n) is 8.18. The molecule has 7 rings (SSSR count). The van der Waals surface area contributed by atoms with Gasteiger partial charge in [0, 0.05) is 67.9 Å². The van der Waals surface area contributed by atoms with E-state index in [2.05, 4.69) is 40.5 Å². The number of benzene rings is 2. The van der Waals surface area contributed by atoms with Crippen molar-refractivity contribution in [3.05, 3.63) is 77.0 Å². The Balaban J connectivity index is 0.870. The van der Waals surface area contributed by atoms with Crippen LogP contribution in [0.1, 0.15) is 71.5 Å². The summed E-state index contributed by atoms with van der Waals surface area (Å²) in [5.41, 5.74) is 2.17. The third-order valence-corrected chi connectivity index (χ3v) is 13.2. The van der Waals surface area contributed by atoms with E-state index < -0.39 is 79.4 Å². The number of allylic oxidation sites excluding steroid dienone is 1. The van der Waals surface area contributed by atoms with Gasteiger partial charge < -0.3 is 31.3 Å². The maximum atomic E-state index is 15.3. The number of alkyl halides is 3. The number of hydrogen-bond donors (Lipinski definition) is 6. The molecule has 0 saturated carbocycles. The van der Waals surface area contributed by atoms with Crippen molar-refractivity contribution >= 4 is 68.7 Å². The Labute approximate surface area is 375 Å². The van der Waals surface area contributed by atoms with E-state index >= 15 is 4.39 Å². The number of aromatic nitrogens is 2. The lowest BCUT2D eigenvalue weighted by atomic mass is 9.72. The average molecular weight is 942 g/mol. The molecule has 5 heterocycles. The molecule has 0 bridgehead atoms. The number of imide groups is 2. The highest BCUT2D eigenvalue weighted by atomic mass is 32.2. The summed E-state index contributed by atoms with van der Waals surface area (Å²) in [5.74, 6) is -4.25. The molecule has 1 atom stereocenters. The number of nitrogens with one attached hydrogen (secondary N) is 4. The molecule has 1 unspecified atom stereocenters. The normalized spacial score (nSPS) is 19.3. The SMILES string of the molecule is CC(C)(O)CN=C/C(=C\N)c1nc(Nc2ccc(S(=O)(=O)NCCN3CCC4(CC3)CN(C(=O)CNc3cccc5c3C(=O)N(C3CCC(=O)NC3=O)C5=O)C4)cc2F)ncc1C(F)(F)F.